The van der Waals surface area contributed by atoms with Crippen molar-refractivity contribution in [1.82, 2.24) is 10.3 Å². The third-order valence-corrected chi connectivity index (χ3v) is 2.64. The van der Waals surface area contributed by atoms with Crippen LogP contribution in [0.2, 0.25) is 0 Å². The number of nitrogens with zero attached hydrogens (tertiary/aromatic N) is 1. The van der Waals surface area contributed by atoms with Gasteiger partial charge >= 0.3 is 5.97 Å². The topological polar surface area (TPSA) is 79.3 Å². The first-order valence-electron chi connectivity index (χ1n) is 5.90. The van der Waals surface area contributed by atoms with Gasteiger partial charge in [0.15, 0.2) is 0 Å². The molecule has 0 bridgehead atoms. The van der Waals surface area contributed by atoms with Gasteiger partial charge in [-0.3, -0.25) is 14.6 Å². The summed E-state index contributed by atoms with van der Waals surface area (Å²) >= 11 is 0. The molecule has 0 aliphatic heterocycles. The maximum Gasteiger partial charge on any atom is 0.303 e. The second-order valence-electron chi connectivity index (χ2n) is 4.48. The van der Waals surface area contributed by atoms with E-state index in [1.807, 2.05) is 19.1 Å². The number of aromatic nitrogens is 1. The van der Waals surface area contributed by atoms with E-state index in [9.17, 15) is 9.59 Å². The Morgan fingerprint density at radius 2 is 1.89 bits per heavy atom. The van der Waals surface area contributed by atoms with Crippen LogP contribution in [0.25, 0.3) is 0 Å². The minimum atomic E-state index is -0.877. The molecule has 1 aromatic heterocycles. The van der Waals surface area contributed by atoms with Crippen LogP contribution < -0.4 is 5.32 Å². The van der Waals surface area contributed by atoms with Gasteiger partial charge in [0.1, 0.15) is 0 Å². The Labute approximate surface area is 106 Å². The Bertz CT molecular complexity index is 406. The number of amides is 1. The number of pyridine rings is 1. The van der Waals surface area contributed by atoms with E-state index in [0.717, 1.165) is 5.56 Å². The first kappa shape index (κ1) is 14.2. The van der Waals surface area contributed by atoms with Crippen LogP contribution in [0.4, 0.5) is 0 Å². The minimum absolute atomic E-state index is 0.0110. The number of carboxylic acid groups (broad SMARTS) is 1. The molecule has 0 spiro atoms. The highest BCUT2D eigenvalue weighted by Gasteiger charge is 2.14. The molecule has 5 heteroatoms. The summed E-state index contributed by atoms with van der Waals surface area (Å²) in [7, 11) is 0. The predicted molar refractivity (Wildman–Crippen MR) is 66.8 cm³/mol. The number of hydrogen-bond acceptors (Lipinski definition) is 3. The number of aliphatic carboxylic acids is 1. The van der Waals surface area contributed by atoms with E-state index < -0.39 is 5.97 Å². The van der Waals surface area contributed by atoms with E-state index in [2.05, 4.69) is 10.3 Å². The zero-order chi connectivity index (χ0) is 13.5. The molecule has 1 rings (SSSR count). The lowest BCUT2D eigenvalue weighted by atomic mass is 10.0. The summed E-state index contributed by atoms with van der Waals surface area (Å²) in [6.45, 7) is 3.64. The molecule has 1 heterocycles. The van der Waals surface area contributed by atoms with Crippen molar-refractivity contribution in [3.8, 4) is 0 Å². The van der Waals surface area contributed by atoms with Gasteiger partial charge in [-0.1, -0.05) is 6.92 Å². The summed E-state index contributed by atoms with van der Waals surface area (Å²) in [5.74, 6) is -1.17. The number of carbonyl (C=O) groups excluding carboxylic acids is 1. The van der Waals surface area contributed by atoms with Gasteiger partial charge in [0.05, 0.1) is 6.04 Å². The highest BCUT2D eigenvalue weighted by atomic mass is 16.4. The average molecular weight is 250 g/mol. The Morgan fingerprint density at radius 3 is 2.44 bits per heavy atom. The SMILES string of the molecule is CC(CC(=O)O)CC(=O)N[C@H](C)c1ccncc1. The number of nitrogens with one attached hydrogen (secondary N) is 1. The molecular weight excluding hydrogens is 232 g/mol. The maximum absolute atomic E-state index is 11.7. The standard InChI is InChI=1S/C13H18N2O3/c1-9(8-13(17)18)7-12(16)15-10(2)11-3-5-14-6-4-11/h3-6,9-10H,7-8H2,1-2H3,(H,15,16)(H,17,18)/t9?,10-/m1/s1. The van der Waals surface area contributed by atoms with E-state index in [1.165, 1.54) is 0 Å². The fraction of sp³-hybridized carbons (Fsp3) is 0.462. The maximum atomic E-state index is 11.7. The summed E-state index contributed by atoms with van der Waals surface area (Å²) in [5, 5.41) is 11.5. The van der Waals surface area contributed by atoms with Crippen molar-refractivity contribution in [3.63, 3.8) is 0 Å². The highest BCUT2D eigenvalue weighted by molar-refractivity contribution is 5.77. The van der Waals surface area contributed by atoms with Crippen molar-refractivity contribution >= 4 is 11.9 Å². The van der Waals surface area contributed by atoms with Crippen LogP contribution in [-0.4, -0.2) is 22.0 Å². The zero-order valence-corrected chi connectivity index (χ0v) is 10.6. The average Bonchev–Trinajstić information content (AvgIpc) is 2.28. The fourth-order valence-electron chi connectivity index (χ4n) is 1.72. The van der Waals surface area contributed by atoms with Gasteiger partial charge in [-0.05, 0) is 30.5 Å². The van der Waals surface area contributed by atoms with E-state index in [0.29, 0.717) is 0 Å². The van der Waals surface area contributed by atoms with Crippen LogP contribution in [0.15, 0.2) is 24.5 Å². The lowest BCUT2D eigenvalue weighted by Gasteiger charge is -2.15. The van der Waals surface area contributed by atoms with E-state index >= 15 is 0 Å². The van der Waals surface area contributed by atoms with Gasteiger partial charge in [0.25, 0.3) is 0 Å². The molecule has 98 valence electrons. The molecular formula is C13H18N2O3. The monoisotopic (exact) mass is 250 g/mol. The molecule has 2 atom stereocenters. The van der Waals surface area contributed by atoms with Crippen molar-refractivity contribution in [2.24, 2.45) is 5.92 Å². The largest absolute Gasteiger partial charge is 0.481 e. The van der Waals surface area contributed by atoms with E-state index in [1.54, 1.807) is 19.3 Å². The van der Waals surface area contributed by atoms with Gasteiger partial charge in [0.2, 0.25) is 5.91 Å². The van der Waals surface area contributed by atoms with Gasteiger partial charge in [-0.2, -0.15) is 0 Å². The van der Waals surface area contributed by atoms with Crippen LogP contribution in [0.1, 0.15) is 38.3 Å². The lowest BCUT2D eigenvalue weighted by Crippen LogP contribution is -2.28. The van der Waals surface area contributed by atoms with Crippen molar-refractivity contribution in [2.75, 3.05) is 0 Å². The van der Waals surface area contributed by atoms with E-state index in [4.69, 9.17) is 5.11 Å². The van der Waals surface area contributed by atoms with Crippen molar-refractivity contribution in [2.45, 2.75) is 32.7 Å². The van der Waals surface area contributed by atoms with Gasteiger partial charge in [0, 0.05) is 25.2 Å². The fourth-order valence-corrected chi connectivity index (χ4v) is 1.72. The zero-order valence-electron chi connectivity index (χ0n) is 10.6. The summed E-state index contributed by atoms with van der Waals surface area (Å²) < 4.78 is 0. The molecule has 5 nitrogen and oxygen atoms in total. The third kappa shape index (κ3) is 4.95. The molecule has 0 aliphatic carbocycles. The quantitative estimate of drug-likeness (QED) is 0.806. The molecule has 0 radical (unpaired) electrons. The minimum Gasteiger partial charge on any atom is -0.481 e. The predicted octanol–water partition coefficient (Wildman–Crippen LogP) is 1.76. The molecule has 1 amide bonds. The Balaban J connectivity index is 2.43. The Morgan fingerprint density at radius 1 is 1.28 bits per heavy atom. The summed E-state index contributed by atoms with van der Waals surface area (Å²) in [6, 6.07) is 3.58. The first-order chi connectivity index (χ1) is 8.49. The number of hydrogen-bond donors (Lipinski definition) is 2. The molecule has 2 N–H and O–H groups in total. The van der Waals surface area contributed by atoms with Crippen LogP contribution in [0.3, 0.4) is 0 Å². The van der Waals surface area contributed by atoms with Gasteiger partial charge in [-0.15, -0.1) is 0 Å². The normalized spacial score (nSPS) is 13.7. The molecule has 0 aromatic carbocycles. The molecule has 1 aromatic rings. The first-order valence-corrected chi connectivity index (χ1v) is 5.90. The Hall–Kier alpha value is -1.91. The molecule has 0 saturated carbocycles. The van der Waals surface area contributed by atoms with Gasteiger partial charge < -0.3 is 10.4 Å². The van der Waals surface area contributed by atoms with Crippen LogP contribution >= 0.6 is 0 Å². The highest BCUT2D eigenvalue weighted by Crippen LogP contribution is 2.12. The summed E-state index contributed by atoms with van der Waals surface area (Å²) in [4.78, 5) is 26.1. The van der Waals surface area contributed by atoms with Crippen LogP contribution in [0.5, 0.6) is 0 Å². The second-order valence-corrected chi connectivity index (χ2v) is 4.48. The molecule has 0 fully saturated rings. The molecule has 0 aliphatic rings. The Kier molecular flexibility index (Phi) is 5.30. The van der Waals surface area contributed by atoms with Crippen LogP contribution in [-0.2, 0) is 9.59 Å². The smallest absolute Gasteiger partial charge is 0.303 e. The molecule has 1 unspecified atom stereocenters. The van der Waals surface area contributed by atoms with Crippen molar-refractivity contribution in [3.05, 3.63) is 30.1 Å². The second kappa shape index (κ2) is 6.74. The van der Waals surface area contributed by atoms with Crippen molar-refractivity contribution in [1.29, 1.82) is 0 Å². The number of rotatable bonds is 6. The van der Waals surface area contributed by atoms with Crippen molar-refractivity contribution < 1.29 is 14.7 Å². The summed E-state index contributed by atoms with van der Waals surface area (Å²) in [5.41, 5.74) is 0.976. The summed E-state index contributed by atoms with van der Waals surface area (Å²) in [6.07, 6.45) is 3.58. The molecule has 0 saturated heterocycles. The number of carboxylic acids is 1. The lowest BCUT2D eigenvalue weighted by molar-refractivity contribution is -0.138. The molecule has 18 heavy (non-hydrogen) atoms. The number of carbonyl (C=O) groups is 2. The third-order valence-electron chi connectivity index (χ3n) is 2.64. The van der Waals surface area contributed by atoms with Gasteiger partial charge in [-0.25, -0.2) is 0 Å². The van der Waals surface area contributed by atoms with Crippen LogP contribution in [0, 0.1) is 5.92 Å². The van der Waals surface area contributed by atoms with E-state index in [-0.39, 0.29) is 30.7 Å².